The van der Waals surface area contributed by atoms with Crippen LogP contribution in [0.3, 0.4) is 0 Å². The Kier molecular flexibility index (Phi) is 5.74. The smallest absolute Gasteiger partial charge is 0.274 e. The fourth-order valence-corrected chi connectivity index (χ4v) is 2.56. The Labute approximate surface area is 110 Å². The number of benzene rings is 1. The topological polar surface area (TPSA) is 69.2 Å². The summed E-state index contributed by atoms with van der Waals surface area (Å²) in [7, 11) is 0. The summed E-state index contributed by atoms with van der Waals surface area (Å²) < 4.78 is 0. The number of halogens is 1. The molecule has 0 spiro atoms. The average molecular weight is 275 g/mol. The number of rotatable bonds is 6. The molecule has 1 aromatic carbocycles. The van der Waals surface area contributed by atoms with Crippen LogP contribution in [0.5, 0.6) is 0 Å². The first kappa shape index (κ1) is 14.3. The van der Waals surface area contributed by atoms with E-state index in [4.69, 9.17) is 17.3 Å². The molecule has 0 heterocycles. The van der Waals surface area contributed by atoms with Gasteiger partial charge < -0.3 is 5.73 Å². The number of nitro groups is 1. The molecular weight excluding hydrogens is 260 g/mol. The van der Waals surface area contributed by atoms with E-state index in [0.717, 1.165) is 6.42 Å². The van der Waals surface area contributed by atoms with Crippen LogP contribution in [-0.2, 0) is 5.75 Å². The van der Waals surface area contributed by atoms with Crippen molar-refractivity contribution in [3.8, 4) is 0 Å². The number of nitro benzene ring substituents is 1. The van der Waals surface area contributed by atoms with E-state index < -0.39 is 4.92 Å². The quantitative estimate of drug-likeness (QED) is 0.639. The van der Waals surface area contributed by atoms with Gasteiger partial charge in [0.05, 0.1) is 4.92 Å². The largest absolute Gasteiger partial charge is 0.330 e. The first-order valence-corrected chi connectivity index (χ1v) is 6.71. The van der Waals surface area contributed by atoms with Crippen LogP contribution in [0.15, 0.2) is 18.2 Å². The van der Waals surface area contributed by atoms with E-state index in [9.17, 15) is 10.1 Å². The monoisotopic (exact) mass is 274 g/mol. The number of nitrogens with two attached hydrogens (primary N) is 1. The molecular formula is C11H15ClN2O2S. The van der Waals surface area contributed by atoms with Crippen LogP contribution in [-0.4, -0.2) is 16.7 Å². The summed E-state index contributed by atoms with van der Waals surface area (Å²) in [6, 6.07) is 4.78. The van der Waals surface area contributed by atoms with Crippen LogP contribution in [0.25, 0.3) is 0 Å². The number of hydrogen-bond acceptors (Lipinski definition) is 4. The first-order chi connectivity index (χ1) is 8.04. The highest BCUT2D eigenvalue weighted by molar-refractivity contribution is 7.99. The fraction of sp³-hybridized carbons (Fsp3) is 0.455. The minimum Gasteiger partial charge on any atom is -0.330 e. The van der Waals surface area contributed by atoms with Gasteiger partial charge in [-0.25, -0.2) is 0 Å². The van der Waals surface area contributed by atoms with Gasteiger partial charge in [0.25, 0.3) is 5.69 Å². The minimum atomic E-state index is -0.393. The van der Waals surface area contributed by atoms with Gasteiger partial charge in [-0.15, -0.1) is 0 Å². The van der Waals surface area contributed by atoms with E-state index in [2.05, 4.69) is 6.92 Å². The third-order valence-electron chi connectivity index (χ3n) is 2.34. The molecule has 0 saturated carbocycles. The molecule has 4 nitrogen and oxygen atoms in total. The molecule has 0 aliphatic carbocycles. The Morgan fingerprint density at radius 1 is 1.59 bits per heavy atom. The van der Waals surface area contributed by atoms with E-state index in [1.165, 1.54) is 6.07 Å². The van der Waals surface area contributed by atoms with Gasteiger partial charge in [0, 0.05) is 27.7 Å². The third kappa shape index (κ3) is 4.53. The van der Waals surface area contributed by atoms with Crippen LogP contribution in [0.1, 0.15) is 18.9 Å². The maximum atomic E-state index is 10.9. The average Bonchev–Trinajstić information content (AvgIpc) is 2.27. The molecule has 1 rings (SSSR count). The predicted octanol–water partition coefficient (Wildman–Crippen LogP) is 3.22. The Morgan fingerprint density at radius 3 is 2.88 bits per heavy atom. The molecule has 1 unspecified atom stereocenters. The second-order valence-electron chi connectivity index (χ2n) is 3.73. The van der Waals surface area contributed by atoms with Crippen LogP contribution >= 0.6 is 23.4 Å². The van der Waals surface area contributed by atoms with Crippen molar-refractivity contribution in [1.29, 1.82) is 0 Å². The van der Waals surface area contributed by atoms with Crippen LogP contribution < -0.4 is 5.73 Å². The van der Waals surface area contributed by atoms with Crippen molar-refractivity contribution in [3.05, 3.63) is 38.9 Å². The molecule has 0 aliphatic rings. The molecule has 17 heavy (non-hydrogen) atoms. The lowest BCUT2D eigenvalue weighted by atomic mass is 10.2. The lowest BCUT2D eigenvalue weighted by Crippen LogP contribution is -2.07. The molecule has 0 bridgehead atoms. The van der Waals surface area contributed by atoms with Gasteiger partial charge in [-0.2, -0.15) is 11.8 Å². The highest BCUT2D eigenvalue weighted by atomic mass is 35.5. The first-order valence-electron chi connectivity index (χ1n) is 5.29. The van der Waals surface area contributed by atoms with Crippen molar-refractivity contribution >= 4 is 29.1 Å². The maximum Gasteiger partial charge on any atom is 0.274 e. The Morgan fingerprint density at radius 2 is 2.29 bits per heavy atom. The Hall–Kier alpha value is -0.780. The van der Waals surface area contributed by atoms with Gasteiger partial charge in [0.1, 0.15) is 0 Å². The van der Waals surface area contributed by atoms with Gasteiger partial charge in [-0.05, 0) is 25.1 Å². The summed E-state index contributed by atoms with van der Waals surface area (Å²) in [5, 5.41) is 11.6. The molecule has 0 aliphatic heterocycles. The van der Waals surface area contributed by atoms with E-state index in [1.807, 2.05) is 0 Å². The number of nitrogens with zero attached hydrogens (tertiary/aromatic N) is 1. The summed E-state index contributed by atoms with van der Waals surface area (Å²) >= 11 is 7.41. The van der Waals surface area contributed by atoms with Crippen molar-refractivity contribution in [1.82, 2.24) is 0 Å². The van der Waals surface area contributed by atoms with Gasteiger partial charge >= 0.3 is 0 Å². The van der Waals surface area contributed by atoms with E-state index in [0.29, 0.717) is 28.1 Å². The normalized spacial score (nSPS) is 12.4. The van der Waals surface area contributed by atoms with Crippen molar-refractivity contribution < 1.29 is 4.92 Å². The number of thioether (sulfide) groups is 1. The maximum absolute atomic E-state index is 10.9. The van der Waals surface area contributed by atoms with E-state index in [1.54, 1.807) is 23.9 Å². The molecule has 0 saturated heterocycles. The summed E-state index contributed by atoms with van der Waals surface area (Å²) in [6.45, 7) is 2.70. The van der Waals surface area contributed by atoms with Crippen molar-refractivity contribution in [2.45, 2.75) is 24.3 Å². The highest BCUT2D eigenvalue weighted by Crippen LogP contribution is 2.28. The zero-order valence-corrected chi connectivity index (χ0v) is 11.1. The fourth-order valence-electron chi connectivity index (χ4n) is 1.38. The second-order valence-corrected chi connectivity index (χ2v) is 5.59. The molecule has 94 valence electrons. The Balaban J connectivity index is 2.73. The van der Waals surface area contributed by atoms with Crippen molar-refractivity contribution in [2.24, 2.45) is 5.73 Å². The van der Waals surface area contributed by atoms with Gasteiger partial charge in [-0.3, -0.25) is 10.1 Å². The van der Waals surface area contributed by atoms with E-state index >= 15 is 0 Å². The van der Waals surface area contributed by atoms with Crippen molar-refractivity contribution in [2.75, 3.05) is 6.54 Å². The summed E-state index contributed by atoms with van der Waals surface area (Å²) in [4.78, 5) is 10.5. The van der Waals surface area contributed by atoms with Crippen LogP contribution in [0.4, 0.5) is 5.69 Å². The highest BCUT2D eigenvalue weighted by Gasteiger charge is 2.15. The molecule has 1 atom stereocenters. The second kappa shape index (κ2) is 6.83. The minimum absolute atomic E-state index is 0.0879. The summed E-state index contributed by atoms with van der Waals surface area (Å²) in [5.74, 6) is 0.606. The van der Waals surface area contributed by atoms with Gasteiger partial charge in [0.2, 0.25) is 0 Å². The zero-order valence-electron chi connectivity index (χ0n) is 9.56. The van der Waals surface area contributed by atoms with Gasteiger partial charge in [-0.1, -0.05) is 18.5 Å². The molecule has 0 aromatic heterocycles. The van der Waals surface area contributed by atoms with Crippen LogP contribution in [0.2, 0.25) is 5.02 Å². The van der Waals surface area contributed by atoms with E-state index in [-0.39, 0.29) is 5.69 Å². The molecule has 0 radical (unpaired) electrons. The SMILES string of the molecule is CC(CCN)SCc1ccc(Cl)cc1[N+](=O)[O-]. The zero-order chi connectivity index (χ0) is 12.8. The molecule has 6 heteroatoms. The van der Waals surface area contributed by atoms with Gasteiger partial charge in [0.15, 0.2) is 0 Å². The number of hydrogen-bond donors (Lipinski definition) is 1. The molecule has 0 amide bonds. The molecule has 0 fully saturated rings. The van der Waals surface area contributed by atoms with Crippen LogP contribution in [0, 0.1) is 10.1 Å². The third-order valence-corrected chi connectivity index (χ3v) is 3.86. The lowest BCUT2D eigenvalue weighted by Gasteiger charge is -2.09. The standard InChI is InChI=1S/C11H15ClN2O2S/c1-8(4-5-13)17-7-9-2-3-10(12)6-11(9)14(15)16/h2-3,6,8H,4-5,7,13H2,1H3. The Bertz CT molecular complexity index is 401. The molecule has 2 N–H and O–H groups in total. The predicted molar refractivity (Wildman–Crippen MR) is 72.5 cm³/mol. The lowest BCUT2D eigenvalue weighted by molar-refractivity contribution is -0.385. The molecule has 1 aromatic rings. The summed E-state index contributed by atoms with van der Waals surface area (Å²) in [6.07, 6.45) is 0.909. The van der Waals surface area contributed by atoms with Crippen molar-refractivity contribution in [3.63, 3.8) is 0 Å². The summed E-state index contributed by atoms with van der Waals surface area (Å²) in [5.41, 5.74) is 6.25.